The molecule has 128 valence electrons. The van der Waals surface area contributed by atoms with Gasteiger partial charge in [0.1, 0.15) is 5.84 Å². The molecule has 0 saturated carbocycles. The number of hydrogen-bond acceptors (Lipinski definition) is 5. The highest BCUT2D eigenvalue weighted by Gasteiger charge is 2.31. The second-order valence-electron chi connectivity index (χ2n) is 5.46. The van der Waals surface area contributed by atoms with Gasteiger partial charge < -0.3 is 4.57 Å². The number of amidine groups is 2. The molecule has 0 radical (unpaired) electrons. The van der Waals surface area contributed by atoms with Crippen molar-refractivity contribution < 1.29 is 9.72 Å². The third-order valence-electron chi connectivity index (χ3n) is 3.92. The third-order valence-corrected chi connectivity index (χ3v) is 4.68. The second kappa shape index (κ2) is 6.12. The monoisotopic (exact) mass is 365 g/mol. The van der Waals surface area contributed by atoms with Crippen LogP contribution < -0.4 is 0 Å². The van der Waals surface area contributed by atoms with Gasteiger partial charge in [0.25, 0.3) is 11.6 Å². The van der Waals surface area contributed by atoms with E-state index in [0.717, 1.165) is 0 Å². The van der Waals surface area contributed by atoms with Gasteiger partial charge in [0.2, 0.25) is 0 Å². The van der Waals surface area contributed by atoms with Crippen LogP contribution in [-0.4, -0.2) is 31.3 Å². The van der Waals surface area contributed by atoms with Gasteiger partial charge in [-0.15, -0.1) is 0 Å². The predicted octanol–water partition coefficient (Wildman–Crippen LogP) is 3.16. The molecule has 4 rings (SSSR count). The number of nitro benzene ring substituents is 1. The Morgan fingerprint density at radius 2 is 2.00 bits per heavy atom. The maximum atomic E-state index is 12.3. The summed E-state index contributed by atoms with van der Waals surface area (Å²) >= 11 is 1.29. The lowest BCUT2D eigenvalue weighted by molar-refractivity contribution is -0.384. The minimum atomic E-state index is -0.464. The average molecular weight is 365 g/mol. The number of nitrogens with one attached hydrogen (secondary N) is 1. The molecule has 8 nitrogen and oxygen atoms in total. The smallest absolute Gasteiger partial charge is 0.283 e. The molecule has 0 aliphatic carbocycles. The fourth-order valence-electron chi connectivity index (χ4n) is 2.66. The first-order valence-corrected chi connectivity index (χ1v) is 8.41. The molecule has 0 unspecified atom stereocenters. The van der Waals surface area contributed by atoms with E-state index < -0.39 is 10.8 Å². The van der Waals surface area contributed by atoms with Crippen molar-refractivity contribution >= 4 is 40.4 Å². The van der Waals surface area contributed by atoms with Crippen LogP contribution in [0.3, 0.4) is 0 Å². The summed E-state index contributed by atoms with van der Waals surface area (Å²) in [5, 5.41) is 21.3. The van der Waals surface area contributed by atoms with Crippen molar-refractivity contribution in [2.24, 2.45) is 4.99 Å². The molecular formula is C17H11N5O3S. The number of fused-ring (bicyclic) bond motifs is 1. The minimum Gasteiger partial charge on any atom is -0.317 e. The van der Waals surface area contributed by atoms with Crippen LogP contribution in [0.5, 0.6) is 0 Å². The topological polar surface area (TPSA) is 105 Å². The maximum absolute atomic E-state index is 12.3. The molecule has 3 heterocycles. The zero-order chi connectivity index (χ0) is 18.3. The van der Waals surface area contributed by atoms with Crippen LogP contribution in [0.15, 0.2) is 64.8 Å². The summed E-state index contributed by atoms with van der Waals surface area (Å²) in [4.78, 5) is 28.2. The van der Waals surface area contributed by atoms with E-state index in [4.69, 9.17) is 5.41 Å². The molecule has 2 aliphatic rings. The van der Waals surface area contributed by atoms with Crippen molar-refractivity contribution in [3.8, 4) is 5.69 Å². The molecule has 1 N–H and O–H groups in total. The van der Waals surface area contributed by atoms with Crippen molar-refractivity contribution in [1.29, 1.82) is 5.41 Å². The molecule has 1 aromatic carbocycles. The number of hydrogen-bond donors (Lipinski definition) is 1. The van der Waals surface area contributed by atoms with Gasteiger partial charge in [0.05, 0.1) is 10.5 Å². The average Bonchev–Trinajstić information content (AvgIpc) is 3.27. The molecule has 2 aliphatic heterocycles. The van der Waals surface area contributed by atoms with Crippen molar-refractivity contribution in [2.75, 3.05) is 0 Å². The van der Waals surface area contributed by atoms with Gasteiger partial charge in [0, 0.05) is 35.9 Å². The van der Waals surface area contributed by atoms with E-state index >= 15 is 0 Å². The van der Waals surface area contributed by atoms with E-state index in [2.05, 4.69) is 4.99 Å². The van der Waals surface area contributed by atoms with Crippen LogP contribution in [-0.2, 0) is 4.79 Å². The minimum absolute atomic E-state index is 0.00485. The molecule has 2 aromatic rings. The number of carbonyl (C=O) groups excluding carboxylic acids is 1. The Morgan fingerprint density at radius 1 is 1.23 bits per heavy atom. The molecule has 1 amide bonds. The number of aliphatic imine (C=N–C) groups is 1. The molecular weight excluding hydrogens is 354 g/mol. The van der Waals surface area contributed by atoms with Crippen molar-refractivity contribution in [1.82, 2.24) is 9.47 Å². The lowest BCUT2D eigenvalue weighted by Gasteiger charge is -2.22. The fourth-order valence-corrected chi connectivity index (χ4v) is 3.37. The Morgan fingerprint density at radius 3 is 2.73 bits per heavy atom. The number of amides is 1. The SMILES string of the molecule is N=C1/C(=C/c2cccn2-c2ccc([N+](=O)[O-])cc2)C(=O)N=C2SC=CN12. The molecule has 0 spiro atoms. The Kier molecular flexibility index (Phi) is 3.77. The Balaban J connectivity index is 1.72. The van der Waals surface area contributed by atoms with Crippen LogP contribution in [0.25, 0.3) is 11.8 Å². The van der Waals surface area contributed by atoms with Gasteiger partial charge in [-0.05, 0) is 35.7 Å². The normalized spacial score (nSPS) is 17.6. The number of non-ortho nitro benzene ring substituents is 1. The van der Waals surface area contributed by atoms with Gasteiger partial charge in [0.15, 0.2) is 5.17 Å². The van der Waals surface area contributed by atoms with Crippen LogP contribution in [0, 0.1) is 15.5 Å². The van der Waals surface area contributed by atoms with E-state index in [1.807, 2.05) is 0 Å². The Labute approximate surface area is 151 Å². The van der Waals surface area contributed by atoms with Crippen LogP contribution in [0.2, 0.25) is 0 Å². The van der Waals surface area contributed by atoms with Gasteiger partial charge in [-0.2, -0.15) is 4.99 Å². The maximum Gasteiger partial charge on any atom is 0.283 e. The summed E-state index contributed by atoms with van der Waals surface area (Å²) in [6, 6.07) is 9.69. The number of nitro groups is 1. The quantitative estimate of drug-likeness (QED) is 0.511. The lowest BCUT2D eigenvalue weighted by Crippen LogP contribution is -2.35. The van der Waals surface area contributed by atoms with Crippen LogP contribution >= 0.6 is 11.8 Å². The highest BCUT2D eigenvalue weighted by molar-refractivity contribution is 8.16. The van der Waals surface area contributed by atoms with Crippen molar-refractivity contribution in [3.63, 3.8) is 0 Å². The van der Waals surface area contributed by atoms with Gasteiger partial charge in [-0.25, -0.2) is 0 Å². The highest BCUT2D eigenvalue weighted by atomic mass is 32.2. The third kappa shape index (κ3) is 2.64. The standard InChI is InChI=1S/C17H11N5O3S/c18-15-14(16(23)19-17-21(15)8-9-26-17)10-13-2-1-7-20(13)11-3-5-12(6-4-11)22(24)25/h1-10,18H/b14-10-,18-15?. The molecule has 1 aromatic heterocycles. The number of nitrogens with zero attached hydrogens (tertiary/aromatic N) is 4. The van der Waals surface area contributed by atoms with Crippen LogP contribution in [0.4, 0.5) is 5.69 Å². The van der Waals surface area contributed by atoms with E-state index in [0.29, 0.717) is 16.5 Å². The lowest BCUT2D eigenvalue weighted by atomic mass is 10.1. The summed E-state index contributed by atoms with van der Waals surface area (Å²) in [5.41, 5.74) is 1.57. The van der Waals surface area contributed by atoms with E-state index in [1.54, 1.807) is 57.6 Å². The van der Waals surface area contributed by atoms with Gasteiger partial charge >= 0.3 is 0 Å². The van der Waals surface area contributed by atoms with Gasteiger partial charge in [-0.3, -0.25) is 25.2 Å². The number of aromatic nitrogens is 1. The van der Waals surface area contributed by atoms with Crippen LogP contribution in [0.1, 0.15) is 5.69 Å². The number of thioether (sulfide) groups is 1. The zero-order valence-corrected chi connectivity index (χ0v) is 14.0. The number of carbonyl (C=O) groups is 1. The predicted molar refractivity (Wildman–Crippen MR) is 99.1 cm³/mol. The highest BCUT2D eigenvalue weighted by Crippen LogP contribution is 2.28. The largest absolute Gasteiger partial charge is 0.317 e. The summed E-state index contributed by atoms with van der Waals surface area (Å²) < 4.78 is 1.78. The summed E-state index contributed by atoms with van der Waals surface area (Å²) in [6.45, 7) is 0. The first-order valence-electron chi connectivity index (χ1n) is 7.53. The summed E-state index contributed by atoms with van der Waals surface area (Å²) in [7, 11) is 0. The number of rotatable bonds is 3. The van der Waals surface area contributed by atoms with Crippen molar-refractivity contribution in [2.45, 2.75) is 0 Å². The fraction of sp³-hybridized carbons (Fsp3) is 0. The molecule has 26 heavy (non-hydrogen) atoms. The Hall–Kier alpha value is -3.46. The van der Waals surface area contributed by atoms with E-state index in [9.17, 15) is 14.9 Å². The first kappa shape index (κ1) is 16.0. The first-order chi connectivity index (χ1) is 12.5. The molecule has 9 heteroatoms. The summed E-state index contributed by atoms with van der Waals surface area (Å²) in [6.07, 6.45) is 5.08. The Bertz CT molecular complexity index is 1030. The molecule has 0 fully saturated rings. The van der Waals surface area contributed by atoms with Crippen molar-refractivity contribution in [3.05, 3.63) is 75.6 Å². The number of benzene rings is 1. The molecule has 0 bridgehead atoms. The van der Waals surface area contributed by atoms with Gasteiger partial charge in [-0.1, -0.05) is 11.8 Å². The van der Waals surface area contributed by atoms with E-state index in [1.165, 1.54) is 23.9 Å². The molecule has 0 atom stereocenters. The molecule has 0 saturated heterocycles. The van der Waals surface area contributed by atoms with E-state index in [-0.39, 0.29) is 17.1 Å². The second-order valence-corrected chi connectivity index (χ2v) is 6.33. The zero-order valence-electron chi connectivity index (χ0n) is 13.2. The summed E-state index contributed by atoms with van der Waals surface area (Å²) in [5.74, 6) is -0.397.